The number of carbonyl (C=O) groups is 4. The number of fused-ring (bicyclic) bond motifs is 1. The molecule has 0 saturated carbocycles. The van der Waals surface area contributed by atoms with Gasteiger partial charge in [0.1, 0.15) is 23.9 Å². The second-order valence-corrected chi connectivity index (χ2v) is 19.3. The molecular weight excluding hydrogens is 1050 g/mol. The van der Waals surface area contributed by atoms with E-state index in [1.54, 1.807) is 4.68 Å². The normalized spacial score (nSPS) is 13.6. The number of unbranched alkanes of at least 4 members (excludes halogenated alkanes) is 1. The summed E-state index contributed by atoms with van der Waals surface area (Å²) in [5, 5.41) is 12.2. The lowest BCUT2D eigenvalue weighted by Crippen LogP contribution is -2.32. The first-order valence-electron chi connectivity index (χ1n) is 28.2. The number of aromatic nitrogens is 4. The number of hydrogen-bond acceptors (Lipinski definition) is 21. The number of nitrogens with one attached hydrogen (secondary N) is 1. The molecule has 6 rings (SSSR count). The zero-order valence-corrected chi connectivity index (χ0v) is 47.3. The van der Waals surface area contributed by atoms with Gasteiger partial charge in [-0.1, -0.05) is 47.7 Å². The third kappa shape index (κ3) is 25.8. The van der Waals surface area contributed by atoms with E-state index in [1.807, 2.05) is 30.5 Å². The smallest absolute Gasteiger partial charge is 0.335 e. The Morgan fingerprint density at radius 1 is 0.654 bits per heavy atom. The molecule has 2 aromatic heterocycles. The first-order chi connectivity index (χ1) is 39.7. The van der Waals surface area contributed by atoms with E-state index in [2.05, 4.69) is 64.0 Å². The SMILES string of the molecule is COC(=O)C[C@H](CN(C)CCCCc1ccc2c(n1)NCCC2)c1cccc(-c2ccc(OCCOCCOCCOCCOCCn3cc(COCCOCCOCCOCCOCCC(=O)ON4C(=O)CCC4=O)nn3)cc2)c1. The van der Waals surface area contributed by atoms with Gasteiger partial charge in [0, 0.05) is 37.5 Å². The van der Waals surface area contributed by atoms with Gasteiger partial charge in [0.05, 0.1) is 152 Å². The molecule has 4 heterocycles. The lowest BCUT2D eigenvalue weighted by Gasteiger charge is -2.24. The summed E-state index contributed by atoms with van der Waals surface area (Å²) >= 11 is 0. The highest BCUT2D eigenvalue weighted by atomic mass is 16.7. The highest BCUT2D eigenvalue weighted by Crippen LogP contribution is 2.29. The summed E-state index contributed by atoms with van der Waals surface area (Å²) in [6.07, 6.45) is 7.45. The number of anilines is 1. The molecular formula is C58H83N7O16. The van der Waals surface area contributed by atoms with Crippen molar-refractivity contribution in [1.29, 1.82) is 0 Å². The maximum atomic E-state index is 12.5. The number of rotatable bonds is 45. The van der Waals surface area contributed by atoms with E-state index in [-0.39, 0.29) is 44.4 Å². The van der Waals surface area contributed by atoms with Crippen molar-refractivity contribution in [2.75, 3.05) is 158 Å². The average molecular weight is 1130 g/mol. The van der Waals surface area contributed by atoms with E-state index in [0.717, 1.165) is 85.7 Å². The van der Waals surface area contributed by atoms with E-state index in [9.17, 15) is 19.2 Å². The summed E-state index contributed by atoms with van der Waals surface area (Å²) in [6.45, 7) is 10.6. The van der Waals surface area contributed by atoms with Gasteiger partial charge in [-0.3, -0.25) is 14.4 Å². The molecule has 2 amide bonds. The lowest BCUT2D eigenvalue weighted by molar-refractivity contribution is -0.198. The van der Waals surface area contributed by atoms with Crippen molar-refractivity contribution >= 4 is 29.6 Å². The van der Waals surface area contributed by atoms with Gasteiger partial charge in [0.15, 0.2) is 0 Å². The third-order valence-electron chi connectivity index (χ3n) is 12.9. The van der Waals surface area contributed by atoms with Gasteiger partial charge in [0.25, 0.3) is 11.8 Å². The molecule has 0 aliphatic carbocycles. The molecule has 1 N–H and O–H groups in total. The summed E-state index contributed by atoms with van der Waals surface area (Å²) < 4.78 is 62.7. The molecule has 23 heteroatoms. The summed E-state index contributed by atoms with van der Waals surface area (Å²) in [5.41, 5.74) is 6.41. The van der Waals surface area contributed by atoms with Gasteiger partial charge in [-0.2, -0.15) is 0 Å². The van der Waals surface area contributed by atoms with Crippen LogP contribution in [-0.4, -0.2) is 206 Å². The Bertz CT molecular complexity index is 2410. The Balaban J connectivity index is 0.685. The minimum atomic E-state index is -0.707. The van der Waals surface area contributed by atoms with Crippen LogP contribution in [-0.2, 0) is 97.4 Å². The number of methoxy groups -OCH3 is 1. The van der Waals surface area contributed by atoms with Crippen molar-refractivity contribution in [3.63, 3.8) is 0 Å². The molecule has 2 aliphatic heterocycles. The fourth-order valence-corrected chi connectivity index (χ4v) is 8.62. The maximum Gasteiger partial charge on any atom is 0.335 e. The van der Waals surface area contributed by atoms with E-state index >= 15 is 0 Å². The zero-order chi connectivity index (χ0) is 57.0. The van der Waals surface area contributed by atoms with Crippen LogP contribution in [0, 0.1) is 0 Å². The molecule has 0 bridgehead atoms. The number of likely N-dealkylation sites (N-methyl/N-ethyl adjacent to an activating group) is 1. The van der Waals surface area contributed by atoms with Gasteiger partial charge in [-0.05, 0) is 86.1 Å². The number of esters is 1. The van der Waals surface area contributed by atoms with Crippen molar-refractivity contribution in [2.45, 2.75) is 76.9 Å². The molecule has 1 fully saturated rings. The highest BCUT2D eigenvalue weighted by Gasteiger charge is 2.32. The van der Waals surface area contributed by atoms with Crippen LogP contribution in [0.5, 0.6) is 5.75 Å². The number of aryl methyl sites for hydroxylation is 2. The molecule has 23 nitrogen and oxygen atoms in total. The molecule has 0 unspecified atom stereocenters. The Hall–Kier alpha value is -5.99. The van der Waals surface area contributed by atoms with Gasteiger partial charge in [-0.15, -0.1) is 10.2 Å². The molecule has 1 atom stereocenters. The number of imide groups is 1. The van der Waals surface area contributed by atoms with E-state index in [1.165, 1.54) is 12.7 Å². The van der Waals surface area contributed by atoms with Crippen LogP contribution in [0.15, 0.2) is 66.9 Å². The van der Waals surface area contributed by atoms with Crippen molar-refractivity contribution in [3.8, 4) is 16.9 Å². The second-order valence-electron chi connectivity index (χ2n) is 19.3. The lowest BCUT2D eigenvalue weighted by atomic mass is 9.92. The van der Waals surface area contributed by atoms with Crippen LogP contribution in [0.2, 0.25) is 0 Å². The molecule has 1 saturated heterocycles. The number of nitrogens with zero attached hydrogens (tertiary/aromatic N) is 6. The first-order valence-corrected chi connectivity index (χ1v) is 28.2. The number of hydroxylamine groups is 2. The van der Waals surface area contributed by atoms with E-state index in [4.69, 9.17) is 61.9 Å². The number of pyridine rings is 1. The molecule has 2 aliphatic rings. The Morgan fingerprint density at radius 2 is 1.27 bits per heavy atom. The van der Waals surface area contributed by atoms with Crippen molar-refractivity contribution < 1.29 is 76.1 Å². The molecule has 81 heavy (non-hydrogen) atoms. The van der Waals surface area contributed by atoms with Gasteiger partial charge in [0.2, 0.25) is 0 Å². The average Bonchev–Trinajstić information content (AvgIpc) is 4.13. The number of hydrogen-bond donors (Lipinski definition) is 1. The van der Waals surface area contributed by atoms with Crippen LogP contribution in [0.4, 0.5) is 5.82 Å². The van der Waals surface area contributed by atoms with Crippen LogP contribution in [0.25, 0.3) is 11.1 Å². The van der Waals surface area contributed by atoms with Crippen LogP contribution >= 0.6 is 0 Å². The predicted molar refractivity (Wildman–Crippen MR) is 296 cm³/mol. The monoisotopic (exact) mass is 1130 g/mol. The molecule has 0 radical (unpaired) electrons. The molecule has 0 spiro atoms. The van der Waals surface area contributed by atoms with Gasteiger partial charge in [-0.25, -0.2) is 14.5 Å². The standard InChI is InChI=1S/C58H83N7O16/c1-63(21-4-3-10-51-14-11-47-9-6-20-59-58(47)60-51)43-50(42-57(69)70-2)49-8-5-7-48(41-49)46-12-15-53(16-13-46)80-40-39-78-36-35-76-32-30-74-28-26-72-24-22-64-44-52(61-62-64)45-79-38-37-77-34-33-75-31-29-73-27-25-71-23-19-56(68)81-65-54(66)17-18-55(65)67/h5,7-8,11-16,41,44,50H,3-4,6,9-10,17-40,42-43,45H2,1-2H3,(H,59,60)/t50-/m1/s1. The summed E-state index contributed by atoms with van der Waals surface area (Å²) in [4.78, 5) is 59.2. The highest BCUT2D eigenvalue weighted by molar-refractivity contribution is 6.01. The fraction of sp³-hybridized carbons (Fsp3) is 0.603. The van der Waals surface area contributed by atoms with Crippen molar-refractivity contribution in [1.82, 2.24) is 29.9 Å². The van der Waals surface area contributed by atoms with Crippen LogP contribution in [0.3, 0.4) is 0 Å². The third-order valence-corrected chi connectivity index (χ3v) is 12.9. The zero-order valence-electron chi connectivity index (χ0n) is 47.3. The summed E-state index contributed by atoms with van der Waals surface area (Å²) in [7, 11) is 3.57. The van der Waals surface area contributed by atoms with E-state index < -0.39 is 17.8 Å². The summed E-state index contributed by atoms with van der Waals surface area (Å²) in [5.74, 6) is -0.151. The van der Waals surface area contributed by atoms with Crippen molar-refractivity contribution in [2.24, 2.45) is 0 Å². The minimum absolute atomic E-state index is 0.00741. The number of carbonyl (C=O) groups excluding carboxylic acids is 4. The molecule has 2 aromatic carbocycles. The fourth-order valence-electron chi connectivity index (χ4n) is 8.62. The van der Waals surface area contributed by atoms with Crippen LogP contribution < -0.4 is 10.1 Å². The quantitative estimate of drug-likeness (QED) is 0.0347. The second kappa shape index (κ2) is 38.7. The minimum Gasteiger partial charge on any atom is -0.491 e. The van der Waals surface area contributed by atoms with Crippen LogP contribution in [0.1, 0.15) is 73.4 Å². The predicted octanol–water partition coefficient (Wildman–Crippen LogP) is 5.03. The maximum absolute atomic E-state index is 12.5. The van der Waals surface area contributed by atoms with E-state index in [0.29, 0.717) is 136 Å². The number of amides is 2. The van der Waals surface area contributed by atoms with Gasteiger partial charge < -0.3 is 67.2 Å². The molecule has 446 valence electrons. The molecule has 4 aromatic rings. The van der Waals surface area contributed by atoms with Crippen molar-refractivity contribution in [3.05, 3.63) is 89.4 Å². The Morgan fingerprint density at radius 3 is 1.93 bits per heavy atom. The number of ether oxygens (including phenoxy) is 11. The largest absolute Gasteiger partial charge is 0.491 e. The number of benzene rings is 2. The van der Waals surface area contributed by atoms with Gasteiger partial charge >= 0.3 is 11.9 Å². The Labute approximate surface area is 475 Å². The Kier molecular flexibility index (Phi) is 30.6. The topological polar surface area (TPSA) is 241 Å². The first kappa shape index (κ1) is 64.2. The summed E-state index contributed by atoms with van der Waals surface area (Å²) in [6, 6.07) is 20.8.